The smallest absolute Gasteiger partial charge is 0.0268 e. The van der Waals surface area contributed by atoms with Crippen molar-refractivity contribution in [3.05, 3.63) is 6.42 Å². The highest BCUT2D eigenvalue weighted by atomic mass is 127. The van der Waals surface area contributed by atoms with Crippen molar-refractivity contribution in [2.45, 2.75) is 29.2 Å². The number of rotatable bonds is 1. The maximum atomic E-state index is 2.71. The van der Waals surface area contributed by atoms with Crippen LogP contribution in [0.15, 0.2) is 0 Å². The average molecular weight is 307 g/mol. The van der Waals surface area contributed by atoms with Gasteiger partial charge in [0.2, 0.25) is 0 Å². The molecule has 0 N–H and O–H groups in total. The summed E-state index contributed by atoms with van der Waals surface area (Å²) in [5.41, 5.74) is 0. The van der Waals surface area contributed by atoms with Crippen LogP contribution >= 0.6 is 22.6 Å². The summed E-state index contributed by atoms with van der Waals surface area (Å²) >= 11 is 2.64. The highest BCUT2D eigenvalue weighted by Crippen LogP contribution is 2.28. The topological polar surface area (TPSA) is 6.48 Å². The molecule has 1 saturated carbocycles. The van der Waals surface area contributed by atoms with E-state index < -0.39 is 0 Å². The SMILES string of the molecule is CN1CCN([C@@H]2CC[CH]C[C@@H]2I)CC1. The van der Waals surface area contributed by atoms with Gasteiger partial charge in [0.1, 0.15) is 0 Å². The largest absolute Gasteiger partial charge is 0.304 e. The Labute approximate surface area is 101 Å². The normalized spacial score (nSPS) is 37.3. The van der Waals surface area contributed by atoms with E-state index in [9.17, 15) is 0 Å². The summed E-state index contributed by atoms with van der Waals surface area (Å²) in [6.07, 6.45) is 6.50. The first-order chi connectivity index (χ1) is 6.77. The van der Waals surface area contributed by atoms with Crippen LogP contribution in [0.2, 0.25) is 0 Å². The van der Waals surface area contributed by atoms with Gasteiger partial charge in [-0.1, -0.05) is 22.6 Å². The van der Waals surface area contributed by atoms with Crippen molar-refractivity contribution in [2.24, 2.45) is 0 Å². The third kappa shape index (κ3) is 2.61. The molecule has 0 bridgehead atoms. The Morgan fingerprint density at radius 1 is 1.21 bits per heavy atom. The molecule has 0 aromatic heterocycles. The van der Waals surface area contributed by atoms with Crippen LogP contribution in [0, 0.1) is 6.42 Å². The number of hydrogen-bond acceptors (Lipinski definition) is 2. The van der Waals surface area contributed by atoms with Crippen LogP contribution in [-0.4, -0.2) is 53.0 Å². The van der Waals surface area contributed by atoms with Crippen LogP contribution in [0.3, 0.4) is 0 Å². The van der Waals surface area contributed by atoms with Gasteiger partial charge in [-0.15, -0.1) is 0 Å². The second-order valence-electron chi connectivity index (χ2n) is 4.52. The molecule has 0 spiro atoms. The van der Waals surface area contributed by atoms with Crippen molar-refractivity contribution in [3.63, 3.8) is 0 Å². The first kappa shape index (κ1) is 11.1. The Bertz CT molecular complexity index is 178. The molecule has 2 rings (SSSR count). The van der Waals surface area contributed by atoms with E-state index in [0.29, 0.717) is 0 Å². The molecule has 0 unspecified atom stereocenters. The van der Waals surface area contributed by atoms with Crippen LogP contribution in [0.1, 0.15) is 19.3 Å². The second-order valence-corrected chi connectivity index (χ2v) is 6.12. The Hall–Kier alpha value is 0.650. The molecule has 0 amide bonds. The van der Waals surface area contributed by atoms with E-state index in [-0.39, 0.29) is 0 Å². The number of hydrogen-bond donors (Lipinski definition) is 0. The zero-order chi connectivity index (χ0) is 9.97. The number of nitrogens with zero attached hydrogens (tertiary/aromatic N) is 2. The lowest BCUT2D eigenvalue weighted by Gasteiger charge is -2.41. The van der Waals surface area contributed by atoms with Crippen LogP contribution in [0.25, 0.3) is 0 Å². The van der Waals surface area contributed by atoms with E-state index in [1.807, 2.05) is 0 Å². The number of halogens is 1. The Morgan fingerprint density at radius 2 is 1.93 bits per heavy atom. The quantitative estimate of drug-likeness (QED) is 0.538. The second kappa shape index (κ2) is 5.12. The van der Waals surface area contributed by atoms with E-state index in [1.165, 1.54) is 45.4 Å². The average Bonchev–Trinajstić information content (AvgIpc) is 2.20. The zero-order valence-corrected chi connectivity index (χ0v) is 11.1. The maximum absolute atomic E-state index is 2.71. The molecule has 2 atom stereocenters. The van der Waals surface area contributed by atoms with Gasteiger partial charge in [-0.05, 0) is 32.7 Å². The van der Waals surface area contributed by atoms with Crippen LogP contribution in [0.4, 0.5) is 0 Å². The molecule has 2 aliphatic rings. The minimum absolute atomic E-state index is 0.852. The predicted octanol–water partition coefficient (Wildman–Crippen LogP) is 1.79. The molecule has 1 heterocycles. The number of alkyl halides is 1. The molecule has 2 fully saturated rings. The summed E-state index contributed by atoms with van der Waals surface area (Å²) in [5, 5.41) is 0. The van der Waals surface area contributed by atoms with Crippen molar-refractivity contribution in [1.82, 2.24) is 9.80 Å². The summed E-state index contributed by atoms with van der Waals surface area (Å²) < 4.78 is 0.852. The molecule has 2 nitrogen and oxygen atoms in total. The molecule has 1 aliphatic carbocycles. The van der Waals surface area contributed by atoms with E-state index >= 15 is 0 Å². The third-order valence-corrected chi connectivity index (χ3v) is 4.82. The molecule has 1 saturated heterocycles. The summed E-state index contributed by atoms with van der Waals surface area (Å²) in [5.74, 6) is 0. The van der Waals surface area contributed by atoms with Gasteiger partial charge < -0.3 is 4.90 Å². The first-order valence-corrected chi connectivity index (χ1v) is 6.90. The molecular weight excluding hydrogens is 287 g/mol. The Balaban J connectivity index is 1.87. The molecule has 3 heteroatoms. The van der Waals surface area contributed by atoms with Gasteiger partial charge in [0, 0.05) is 36.1 Å². The van der Waals surface area contributed by atoms with Crippen LogP contribution in [0.5, 0.6) is 0 Å². The number of likely N-dealkylation sites (N-methyl/N-ethyl adjacent to an activating group) is 1. The third-order valence-electron chi connectivity index (χ3n) is 3.48. The maximum Gasteiger partial charge on any atom is 0.0268 e. The van der Waals surface area contributed by atoms with E-state index in [4.69, 9.17) is 0 Å². The van der Waals surface area contributed by atoms with Crippen LogP contribution in [-0.2, 0) is 0 Å². The van der Waals surface area contributed by atoms with Crippen molar-refractivity contribution >= 4 is 22.6 Å². The fourth-order valence-corrected chi connectivity index (χ4v) is 3.64. The van der Waals surface area contributed by atoms with E-state index in [0.717, 1.165) is 9.97 Å². The van der Waals surface area contributed by atoms with Gasteiger partial charge in [-0.2, -0.15) is 0 Å². The summed E-state index contributed by atoms with van der Waals surface area (Å²) in [6.45, 7) is 5.06. The van der Waals surface area contributed by atoms with Gasteiger partial charge in [0.25, 0.3) is 0 Å². The fourth-order valence-electron chi connectivity index (χ4n) is 2.47. The molecular formula is C11H20IN2. The zero-order valence-electron chi connectivity index (χ0n) is 8.95. The number of piperazine rings is 1. The first-order valence-electron chi connectivity index (χ1n) is 5.65. The molecule has 1 aliphatic heterocycles. The summed E-state index contributed by atoms with van der Waals surface area (Å²) in [7, 11) is 2.23. The standard InChI is InChI=1S/C11H20IN2/c1-13-6-8-14(9-7-13)11-5-3-2-4-10(11)12/h2,10-11H,3-9H2,1H3/t10-,11+/m0/s1. The van der Waals surface area contributed by atoms with Crippen molar-refractivity contribution in [1.29, 1.82) is 0 Å². The predicted molar refractivity (Wildman–Crippen MR) is 68.8 cm³/mol. The minimum atomic E-state index is 0.852. The van der Waals surface area contributed by atoms with Gasteiger partial charge in [0.15, 0.2) is 0 Å². The molecule has 81 valence electrons. The lowest BCUT2D eigenvalue weighted by atomic mass is 9.94. The Kier molecular flexibility index (Phi) is 4.08. The molecule has 14 heavy (non-hydrogen) atoms. The van der Waals surface area contributed by atoms with Gasteiger partial charge in [-0.25, -0.2) is 0 Å². The molecule has 1 radical (unpaired) electrons. The van der Waals surface area contributed by atoms with Gasteiger partial charge in [0.05, 0.1) is 0 Å². The highest BCUT2D eigenvalue weighted by molar-refractivity contribution is 14.1. The van der Waals surface area contributed by atoms with Crippen molar-refractivity contribution in [3.8, 4) is 0 Å². The van der Waals surface area contributed by atoms with Gasteiger partial charge >= 0.3 is 0 Å². The molecule has 0 aromatic carbocycles. The van der Waals surface area contributed by atoms with Crippen molar-refractivity contribution in [2.75, 3.05) is 33.2 Å². The summed E-state index contributed by atoms with van der Waals surface area (Å²) in [6, 6.07) is 0.856. The Morgan fingerprint density at radius 3 is 2.57 bits per heavy atom. The van der Waals surface area contributed by atoms with E-state index in [1.54, 1.807) is 0 Å². The minimum Gasteiger partial charge on any atom is -0.304 e. The monoisotopic (exact) mass is 307 g/mol. The molecule has 0 aromatic rings. The van der Waals surface area contributed by atoms with E-state index in [2.05, 4.69) is 45.9 Å². The van der Waals surface area contributed by atoms with Crippen molar-refractivity contribution < 1.29 is 0 Å². The lowest BCUT2D eigenvalue weighted by Crippen LogP contribution is -2.52. The van der Waals surface area contributed by atoms with Gasteiger partial charge in [-0.3, -0.25) is 4.90 Å². The summed E-state index contributed by atoms with van der Waals surface area (Å²) in [4.78, 5) is 5.15. The van der Waals surface area contributed by atoms with Crippen LogP contribution < -0.4 is 0 Å². The lowest BCUT2D eigenvalue weighted by molar-refractivity contribution is 0.102. The highest BCUT2D eigenvalue weighted by Gasteiger charge is 2.29. The fraction of sp³-hybridized carbons (Fsp3) is 0.909.